The Hall–Kier alpha value is -2.09. The molecule has 6 nitrogen and oxygen atoms in total. The van der Waals surface area contributed by atoms with Crippen molar-refractivity contribution < 1.29 is 17.8 Å². The van der Waals surface area contributed by atoms with Gasteiger partial charge >= 0.3 is 6.03 Å². The van der Waals surface area contributed by atoms with Crippen molar-refractivity contribution in [1.29, 1.82) is 0 Å². The van der Waals surface area contributed by atoms with Crippen LogP contribution < -0.4 is 10.6 Å². The maximum absolute atomic E-state index is 11.7. The fourth-order valence-electron chi connectivity index (χ4n) is 1.70. The van der Waals surface area contributed by atoms with Gasteiger partial charge in [0.1, 0.15) is 0 Å². The highest BCUT2D eigenvalue weighted by Crippen LogP contribution is 2.15. The predicted octanol–water partition coefficient (Wildman–Crippen LogP) is 2.91. The van der Waals surface area contributed by atoms with Crippen molar-refractivity contribution in [3.63, 3.8) is 0 Å². The van der Waals surface area contributed by atoms with Gasteiger partial charge in [-0.05, 0) is 35.9 Å². The third-order valence-corrected chi connectivity index (χ3v) is 4.04. The summed E-state index contributed by atoms with van der Waals surface area (Å²) in [4.78, 5) is 11.5. The van der Waals surface area contributed by atoms with Gasteiger partial charge in [-0.3, -0.25) is 4.55 Å². The molecule has 0 heterocycles. The average molecular weight is 341 g/mol. The summed E-state index contributed by atoms with van der Waals surface area (Å²) in [6, 6.07) is 11.8. The molecule has 0 atom stereocenters. The molecule has 2 amide bonds. The number of rotatable bonds is 4. The molecule has 0 unspecified atom stereocenters. The van der Waals surface area contributed by atoms with Crippen LogP contribution in [0.5, 0.6) is 0 Å². The van der Waals surface area contributed by atoms with E-state index in [1.165, 1.54) is 24.3 Å². The summed E-state index contributed by atoms with van der Waals surface area (Å²) < 4.78 is 30.7. The van der Waals surface area contributed by atoms with Gasteiger partial charge in [-0.25, -0.2) is 4.79 Å². The first-order valence-corrected chi connectivity index (χ1v) is 8.04. The zero-order chi connectivity index (χ0) is 16.2. The molecular weight excluding hydrogens is 328 g/mol. The second-order valence-electron chi connectivity index (χ2n) is 4.40. The standard InChI is InChI=1S/C14H13ClN2O4S/c15-13-4-2-1-3-10(13)9-16-14(18)17-11-5-7-12(8-6-11)22(19,20)21/h1-8H,9H2,(H2,16,17,18)(H,19,20,21). The summed E-state index contributed by atoms with van der Waals surface area (Å²) in [7, 11) is -4.24. The molecule has 116 valence electrons. The molecule has 0 aliphatic heterocycles. The van der Waals surface area contributed by atoms with Gasteiger partial charge in [0.2, 0.25) is 0 Å². The van der Waals surface area contributed by atoms with Crippen LogP contribution >= 0.6 is 11.6 Å². The number of nitrogens with one attached hydrogen (secondary N) is 2. The quantitative estimate of drug-likeness (QED) is 0.746. The van der Waals surface area contributed by atoms with Crippen LogP contribution in [0, 0.1) is 0 Å². The molecule has 3 N–H and O–H groups in total. The summed E-state index contributed by atoms with van der Waals surface area (Å²) in [5, 5.41) is 5.73. The Labute approximate surface area is 132 Å². The van der Waals surface area contributed by atoms with Gasteiger partial charge in [-0.15, -0.1) is 0 Å². The molecule has 0 spiro atoms. The van der Waals surface area contributed by atoms with E-state index in [9.17, 15) is 13.2 Å². The van der Waals surface area contributed by atoms with Gasteiger partial charge in [0.25, 0.3) is 10.1 Å². The van der Waals surface area contributed by atoms with Crippen LogP contribution in [0.25, 0.3) is 0 Å². The normalized spacial score (nSPS) is 11.0. The average Bonchev–Trinajstić information content (AvgIpc) is 2.46. The second kappa shape index (κ2) is 6.78. The van der Waals surface area contributed by atoms with Crippen LogP contribution in [-0.4, -0.2) is 19.0 Å². The van der Waals surface area contributed by atoms with Crippen molar-refractivity contribution in [3.05, 3.63) is 59.1 Å². The highest BCUT2D eigenvalue weighted by atomic mass is 35.5. The van der Waals surface area contributed by atoms with Crippen molar-refractivity contribution in [1.82, 2.24) is 5.32 Å². The lowest BCUT2D eigenvalue weighted by atomic mass is 10.2. The third-order valence-electron chi connectivity index (χ3n) is 2.81. The largest absolute Gasteiger partial charge is 0.334 e. The van der Waals surface area contributed by atoms with E-state index < -0.39 is 16.1 Å². The van der Waals surface area contributed by atoms with E-state index in [2.05, 4.69) is 10.6 Å². The molecule has 0 saturated carbocycles. The molecule has 22 heavy (non-hydrogen) atoms. The van der Waals surface area contributed by atoms with Crippen LogP contribution in [0.3, 0.4) is 0 Å². The number of anilines is 1. The maximum atomic E-state index is 11.7. The van der Waals surface area contributed by atoms with Crippen LogP contribution in [0.15, 0.2) is 53.4 Å². The molecule has 0 aromatic heterocycles. The van der Waals surface area contributed by atoms with E-state index in [0.29, 0.717) is 10.7 Å². The van der Waals surface area contributed by atoms with Crippen LogP contribution in [0.4, 0.5) is 10.5 Å². The van der Waals surface area contributed by atoms with E-state index in [1.54, 1.807) is 18.2 Å². The number of halogens is 1. The zero-order valence-corrected chi connectivity index (χ0v) is 12.9. The Balaban J connectivity index is 1.94. The Bertz CT molecular complexity index is 776. The second-order valence-corrected chi connectivity index (χ2v) is 6.23. The Morgan fingerprint density at radius 3 is 2.32 bits per heavy atom. The number of carbonyl (C=O) groups is 1. The summed E-state index contributed by atoms with van der Waals surface area (Å²) in [5.74, 6) is 0. The number of benzene rings is 2. The topological polar surface area (TPSA) is 95.5 Å². The van der Waals surface area contributed by atoms with Crippen LogP contribution in [0.1, 0.15) is 5.56 Å². The van der Waals surface area contributed by atoms with Crippen molar-refractivity contribution >= 4 is 33.4 Å². The molecule has 8 heteroatoms. The van der Waals surface area contributed by atoms with Gasteiger partial charge < -0.3 is 10.6 Å². The lowest BCUT2D eigenvalue weighted by molar-refractivity contribution is 0.251. The van der Waals surface area contributed by atoms with Gasteiger partial charge in [-0.1, -0.05) is 29.8 Å². The van der Waals surface area contributed by atoms with Gasteiger partial charge in [-0.2, -0.15) is 8.42 Å². The smallest absolute Gasteiger partial charge is 0.319 e. The summed E-state index contributed by atoms with van der Waals surface area (Å²) in [6.07, 6.45) is 0. The van der Waals surface area contributed by atoms with Gasteiger partial charge in [0.15, 0.2) is 0 Å². The van der Waals surface area contributed by atoms with E-state index in [0.717, 1.165) is 5.56 Å². The third kappa shape index (κ3) is 4.45. The molecule has 0 bridgehead atoms. The molecular formula is C14H13ClN2O4S. The number of hydrogen-bond acceptors (Lipinski definition) is 3. The number of hydrogen-bond donors (Lipinski definition) is 3. The molecule has 0 aliphatic rings. The summed E-state index contributed by atoms with van der Waals surface area (Å²) in [6.45, 7) is 0.259. The Morgan fingerprint density at radius 2 is 1.73 bits per heavy atom. The summed E-state index contributed by atoms with van der Waals surface area (Å²) >= 11 is 5.98. The van der Waals surface area contributed by atoms with Crippen molar-refractivity contribution in [2.24, 2.45) is 0 Å². The van der Waals surface area contributed by atoms with E-state index in [1.807, 2.05) is 6.07 Å². The number of carbonyl (C=O) groups excluding carboxylic acids is 1. The molecule has 0 saturated heterocycles. The highest BCUT2D eigenvalue weighted by molar-refractivity contribution is 7.85. The maximum Gasteiger partial charge on any atom is 0.319 e. The van der Waals surface area contributed by atoms with Crippen molar-refractivity contribution in [2.75, 3.05) is 5.32 Å². The lowest BCUT2D eigenvalue weighted by Gasteiger charge is -2.09. The first kappa shape index (κ1) is 16.3. The predicted molar refractivity (Wildman–Crippen MR) is 83.6 cm³/mol. The summed E-state index contributed by atoms with van der Waals surface area (Å²) in [5.41, 5.74) is 1.17. The molecule has 2 aromatic carbocycles. The minimum absolute atomic E-state index is 0.241. The SMILES string of the molecule is O=C(NCc1ccccc1Cl)Nc1ccc(S(=O)(=O)O)cc1. The lowest BCUT2D eigenvalue weighted by Crippen LogP contribution is -2.28. The molecule has 2 rings (SSSR count). The van der Waals surface area contributed by atoms with Crippen LogP contribution in [-0.2, 0) is 16.7 Å². The minimum Gasteiger partial charge on any atom is -0.334 e. The molecule has 0 fully saturated rings. The van der Waals surface area contributed by atoms with Gasteiger partial charge in [0.05, 0.1) is 4.90 Å². The number of amides is 2. The first-order chi connectivity index (χ1) is 10.4. The molecule has 0 radical (unpaired) electrons. The zero-order valence-electron chi connectivity index (χ0n) is 11.3. The molecule has 2 aromatic rings. The highest BCUT2D eigenvalue weighted by Gasteiger charge is 2.09. The molecule has 0 aliphatic carbocycles. The van der Waals surface area contributed by atoms with E-state index >= 15 is 0 Å². The Morgan fingerprint density at radius 1 is 1.09 bits per heavy atom. The van der Waals surface area contributed by atoms with Gasteiger partial charge in [0, 0.05) is 17.3 Å². The number of urea groups is 1. The first-order valence-electron chi connectivity index (χ1n) is 6.22. The fourth-order valence-corrected chi connectivity index (χ4v) is 2.39. The van der Waals surface area contributed by atoms with E-state index in [4.69, 9.17) is 16.2 Å². The van der Waals surface area contributed by atoms with Crippen LogP contribution in [0.2, 0.25) is 5.02 Å². The van der Waals surface area contributed by atoms with Crippen molar-refractivity contribution in [3.8, 4) is 0 Å². The van der Waals surface area contributed by atoms with Crippen molar-refractivity contribution in [2.45, 2.75) is 11.4 Å². The fraction of sp³-hybridized carbons (Fsp3) is 0.0714. The van der Waals surface area contributed by atoms with E-state index in [-0.39, 0.29) is 11.4 Å². The Kier molecular flexibility index (Phi) is 5.02. The minimum atomic E-state index is -4.24. The monoisotopic (exact) mass is 340 g/mol.